The Hall–Kier alpha value is -2.12. The molecule has 1 aliphatic rings. The third kappa shape index (κ3) is 4.26. The van der Waals surface area contributed by atoms with Crippen molar-refractivity contribution in [2.45, 2.75) is 11.4 Å². The molecule has 0 saturated heterocycles. The summed E-state index contributed by atoms with van der Waals surface area (Å²) in [6, 6.07) is 16.5. The van der Waals surface area contributed by atoms with Crippen LogP contribution in [0.5, 0.6) is 0 Å². The Morgan fingerprint density at radius 2 is 1.93 bits per heavy atom. The zero-order valence-electron chi connectivity index (χ0n) is 15.8. The third-order valence-corrected chi connectivity index (χ3v) is 6.45. The highest BCUT2D eigenvalue weighted by Gasteiger charge is 2.23. The van der Waals surface area contributed by atoms with E-state index in [1.165, 1.54) is 4.90 Å². The van der Waals surface area contributed by atoms with Crippen molar-refractivity contribution in [3.8, 4) is 0 Å². The number of nitrogens with zero attached hydrogens (tertiary/aromatic N) is 2. The predicted molar refractivity (Wildman–Crippen MR) is 123 cm³/mol. The van der Waals surface area contributed by atoms with Crippen LogP contribution in [0.3, 0.4) is 0 Å². The molecule has 0 amide bonds. The van der Waals surface area contributed by atoms with Crippen molar-refractivity contribution in [2.24, 2.45) is 0 Å². The molecule has 0 radical (unpaired) electrons. The van der Waals surface area contributed by atoms with Crippen LogP contribution in [0.1, 0.15) is 5.56 Å². The van der Waals surface area contributed by atoms with Gasteiger partial charge in [-0.05, 0) is 35.9 Å². The van der Waals surface area contributed by atoms with Gasteiger partial charge in [0.05, 0.1) is 22.7 Å². The van der Waals surface area contributed by atoms with Crippen molar-refractivity contribution in [1.29, 1.82) is 0 Å². The largest absolute Gasteiger partial charge is 0.395 e. The lowest BCUT2D eigenvalue weighted by atomic mass is 10.1. The van der Waals surface area contributed by atoms with E-state index >= 15 is 0 Å². The summed E-state index contributed by atoms with van der Waals surface area (Å²) in [4.78, 5) is 3.36. The number of aliphatic hydroxyl groups is 2. The normalized spacial score (nSPS) is 15.0. The number of benzene rings is 2. The van der Waals surface area contributed by atoms with E-state index in [0.29, 0.717) is 13.1 Å². The number of allylic oxidation sites excluding steroid dienone is 2. The summed E-state index contributed by atoms with van der Waals surface area (Å²) in [6.45, 7) is 1.35. The van der Waals surface area contributed by atoms with Crippen LogP contribution in [0.4, 0.5) is 5.69 Å². The van der Waals surface area contributed by atoms with E-state index in [1.807, 2.05) is 24.4 Å². The molecule has 0 bridgehead atoms. The molecule has 4 rings (SSSR count). The highest BCUT2D eigenvalue weighted by atomic mass is 79.9. The van der Waals surface area contributed by atoms with Crippen molar-refractivity contribution < 1.29 is 14.8 Å². The summed E-state index contributed by atoms with van der Waals surface area (Å²) < 4.78 is 3.07. The van der Waals surface area contributed by atoms with Gasteiger partial charge in [-0.25, -0.2) is 0 Å². The second kappa shape index (κ2) is 9.13. The van der Waals surface area contributed by atoms with E-state index in [1.54, 1.807) is 11.8 Å². The number of aromatic nitrogens is 1. The maximum Gasteiger partial charge on any atom is 0.214 e. The highest BCUT2D eigenvalue weighted by Crippen LogP contribution is 2.45. The Labute approximate surface area is 182 Å². The lowest BCUT2D eigenvalue weighted by Crippen LogP contribution is -2.36. The van der Waals surface area contributed by atoms with Crippen molar-refractivity contribution in [3.63, 3.8) is 0 Å². The molecule has 0 fully saturated rings. The van der Waals surface area contributed by atoms with Gasteiger partial charge in [0, 0.05) is 28.0 Å². The van der Waals surface area contributed by atoms with Crippen LogP contribution >= 0.6 is 27.7 Å². The molecular weight excluding hydrogens is 448 g/mol. The number of β-amino-alcohol motifs (C(OH)–C–C–N with tert-alkyl or cyclic N) is 1. The first-order chi connectivity index (χ1) is 14.2. The summed E-state index contributed by atoms with van der Waals surface area (Å²) in [5, 5.41) is 21.0. The first-order valence-electron chi connectivity index (χ1n) is 9.47. The minimum absolute atomic E-state index is 0.103. The number of anilines is 1. The molecular formula is C23H22BrN2O2S+. The van der Waals surface area contributed by atoms with Gasteiger partial charge >= 0.3 is 0 Å². The molecule has 0 saturated carbocycles. The van der Waals surface area contributed by atoms with Gasteiger partial charge in [0.2, 0.25) is 5.52 Å². The van der Waals surface area contributed by atoms with E-state index in [9.17, 15) is 10.2 Å². The minimum atomic E-state index is 0.103. The average Bonchev–Trinajstić information content (AvgIpc) is 3.07. The van der Waals surface area contributed by atoms with Crippen LogP contribution in [-0.2, 0) is 6.54 Å². The van der Waals surface area contributed by atoms with Gasteiger partial charge in [-0.1, -0.05) is 52.0 Å². The van der Waals surface area contributed by atoms with Gasteiger partial charge in [-0.15, -0.1) is 0 Å². The summed E-state index contributed by atoms with van der Waals surface area (Å²) in [7, 11) is 0. The number of aliphatic hydroxyl groups excluding tert-OH is 2. The van der Waals surface area contributed by atoms with Crippen LogP contribution in [0.25, 0.3) is 17.0 Å². The second-order valence-electron chi connectivity index (χ2n) is 6.66. The molecule has 1 aliphatic heterocycles. The number of pyridine rings is 1. The van der Waals surface area contributed by atoms with E-state index in [-0.39, 0.29) is 13.2 Å². The first-order valence-corrected chi connectivity index (χ1v) is 11.1. The topological polar surface area (TPSA) is 47.6 Å². The van der Waals surface area contributed by atoms with Gasteiger partial charge in [0.25, 0.3) is 0 Å². The maximum absolute atomic E-state index is 9.46. The van der Waals surface area contributed by atoms with Crippen LogP contribution in [0.2, 0.25) is 0 Å². The molecule has 148 valence electrons. The average molecular weight is 470 g/mol. The summed E-state index contributed by atoms with van der Waals surface area (Å²) >= 11 is 5.26. The molecule has 6 heteroatoms. The standard InChI is InChI=1S/C23H22BrN2O2S/c24-18-8-9-19-17(10-11-25(12-14-27)21(19)16-18)4-3-7-23-26(13-15-28)20-5-1-2-6-22(20)29-23/h1-11,16,27-28H,12-15H2/q+1. The van der Waals surface area contributed by atoms with Crippen LogP contribution in [0, 0.1) is 0 Å². The Morgan fingerprint density at radius 3 is 2.76 bits per heavy atom. The van der Waals surface area contributed by atoms with Gasteiger partial charge in [-0.2, -0.15) is 4.57 Å². The quantitative estimate of drug-likeness (QED) is 0.527. The molecule has 4 nitrogen and oxygen atoms in total. The lowest BCUT2D eigenvalue weighted by Gasteiger charge is -2.18. The SMILES string of the molecule is OCCN1C(=CC=Cc2cc[n+](CCO)c3cc(Br)ccc23)Sc2ccccc21. The van der Waals surface area contributed by atoms with Crippen molar-refractivity contribution in [1.82, 2.24) is 0 Å². The molecule has 1 aromatic heterocycles. The molecule has 2 heterocycles. The van der Waals surface area contributed by atoms with Gasteiger partial charge < -0.3 is 15.1 Å². The number of thioether (sulfide) groups is 1. The number of rotatable bonds is 6. The van der Waals surface area contributed by atoms with Crippen molar-refractivity contribution in [3.05, 3.63) is 81.9 Å². The van der Waals surface area contributed by atoms with E-state index < -0.39 is 0 Å². The zero-order chi connectivity index (χ0) is 20.2. The molecule has 0 atom stereocenters. The van der Waals surface area contributed by atoms with Crippen LogP contribution < -0.4 is 9.47 Å². The number of hydrogen-bond donors (Lipinski definition) is 2. The number of fused-ring (bicyclic) bond motifs is 2. The van der Waals surface area contributed by atoms with Crippen molar-refractivity contribution >= 4 is 50.4 Å². The highest BCUT2D eigenvalue weighted by molar-refractivity contribution is 9.10. The molecule has 2 N–H and O–H groups in total. The lowest BCUT2D eigenvalue weighted by molar-refractivity contribution is -0.672. The molecule has 3 aromatic rings. The van der Waals surface area contributed by atoms with E-state index in [4.69, 9.17) is 0 Å². The smallest absolute Gasteiger partial charge is 0.214 e. The molecule has 0 aliphatic carbocycles. The first kappa shape index (κ1) is 20.2. The molecule has 2 aromatic carbocycles. The maximum atomic E-state index is 9.46. The Bertz CT molecular complexity index is 1100. The Morgan fingerprint density at radius 1 is 1.07 bits per heavy atom. The Kier molecular flexibility index (Phi) is 6.35. The molecule has 0 spiro atoms. The summed E-state index contributed by atoms with van der Waals surface area (Å²) in [5.41, 5.74) is 3.34. The van der Waals surface area contributed by atoms with Crippen molar-refractivity contribution in [2.75, 3.05) is 24.7 Å². The minimum Gasteiger partial charge on any atom is -0.395 e. The zero-order valence-corrected chi connectivity index (χ0v) is 18.2. The monoisotopic (exact) mass is 469 g/mol. The van der Waals surface area contributed by atoms with Gasteiger partial charge in [0.15, 0.2) is 12.7 Å². The molecule has 29 heavy (non-hydrogen) atoms. The number of para-hydroxylation sites is 1. The van der Waals surface area contributed by atoms with Gasteiger partial charge in [0.1, 0.15) is 6.61 Å². The Balaban J connectivity index is 1.66. The summed E-state index contributed by atoms with van der Waals surface area (Å²) in [5.74, 6) is 0. The fourth-order valence-corrected chi connectivity index (χ4v) is 4.97. The second-order valence-corrected chi connectivity index (χ2v) is 8.64. The van der Waals surface area contributed by atoms with E-state index in [2.05, 4.69) is 74.0 Å². The summed E-state index contributed by atoms with van der Waals surface area (Å²) in [6.07, 6.45) is 8.27. The third-order valence-electron chi connectivity index (χ3n) is 4.83. The predicted octanol–water partition coefficient (Wildman–Crippen LogP) is 4.34. The van der Waals surface area contributed by atoms with Gasteiger partial charge in [-0.3, -0.25) is 0 Å². The van der Waals surface area contributed by atoms with Crippen LogP contribution in [0.15, 0.2) is 81.3 Å². The number of hydrogen-bond acceptors (Lipinski definition) is 4. The van der Waals surface area contributed by atoms with E-state index in [0.717, 1.165) is 31.7 Å². The fraction of sp³-hybridized carbons (Fsp3) is 0.174. The fourth-order valence-electron chi connectivity index (χ4n) is 3.52. The van der Waals surface area contributed by atoms with Crippen LogP contribution in [-0.4, -0.2) is 30.0 Å². The molecule has 0 unspecified atom stereocenters. The number of halogens is 1.